The first kappa shape index (κ1) is 7.44. The zero-order valence-electron chi connectivity index (χ0n) is 7.44. The molecule has 0 atom stereocenters. The lowest BCUT2D eigenvalue weighted by Crippen LogP contribution is -1.85. The van der Waals surface area contributed by atoms with Crippen LogP contribution in [-0.4, -0.2) is 9.97 Å². The lowest BCUT2D eigenvalue weighted by molar-refractivity contribution is 1.39. The first-order chi connectivity index (χ1) is 6.93. The van der Waals surface area contributed by atoms with Crippen LogP contribution in [0.2, 0.25) is 0 Å². The molecular weight excluding hydrogens is 172 g/mol. The second-order valence-corrected chi connectivity index (χ2v) is 3.13. The van der Waals surface area contributed by atoms with Gasteiger partial charge in [-0.3, -0.25) is 0 Å². The van der Waals surface area contributed by atoms with Gasteiger partial charge in [0, 0.05) is 0 Å². The van der Waals surface area contributed by atoms with Gasteiger partial charge in [-0.05, 0) is 30.3 Å². The van der Waals surface area contributed by atoms with Crippen LogP contribution in [-0.2, 0) is 0 Å². The van der Waals surface area contributed by atoms with Crippen LogP contribution in [0.5, 0.6) is 0 Å². The van der Waals surface area contributed by atoms with E-state index in [4.69, 9.17) is 0 Å². The molecule has 2 heteroatoms. The summed E-state index contributed by atoms with van der Waals surface area (Å²) in [4.78, 5) is 8.98. The molecule has 0 saturated carbocycles. The fourth-order valence-corrected chi connectivity index (χ4v) is 1.51. The van der Waals surface area contributed by atoms with Crippen molar-refractivity contribution in [3.63, 3.8) is 0 Å². The van der Waals surface area contributed by atoms with E-state index in [0.29, 0.717) is 0 Å². The van der Waals surface area contributed by atoms with Gasteiger partial charge in [0.1, 0.15) is 0 Å². The van der Waals surface area contributed by atoms with E-state index in [1.54, 1.807) is 0 Å². The lowest BCUT2D eigenvalue weighted by Gasteiger charge is -1.98. The number of hydrogen-bond donors (Lipinski definition) is 0. The molecule has 3 rings (SSSR count). The molecule has 1 heterocycles. The van der Waals surface area contributed by atoms with Gasteiger partial charge >= 0.3 is 0 Å². The van der Waals surface area contributed by atoms with Gasteiger partial charge in [0.2, 0.25) is 0 Å². The Labute approximate surface area is 81.2 Å². The van der Waals surface area contributed by atoms with Gasteiger partial charge in [0.25, 0.3) is 0 Å². The van der Waals surface area contributed by atoms with Crippen LogP contribution in [0.3, 0.4) is 0 Å². The van der Waals surface area contributed by atoms with E-state index in [1.165, 1.54) is 0 Å². The Morgan fingerprint density at radius 1 is 0.786 bits per heavy atom. The molecule has 14 heavy (non-hydrogen) atoms. The minimum Gasteiger partial charge on any atom is -0.245 e. The monoisotopic (exact) mass is 179 g/mol. The maximum Gasteiger partial charge on any atom is 0.0900 e. The molecule has 2 aromatic carbocycles. The minimum absolute atomic E-state index is 0.895. The van der Waals surface area contributed by atoms with Gasteiger partial charge in [0.05, 0.1) is 22.1 Å². The number of aromatic nitrogens is 2. The first-order valence-electron chi connectivity index (χ1n) is 4.46. The van der Waals surface area contributed by atoms with Gasteiger partial charge in [-0.1, -0.05) is 18.2 Å². The summed E-state index contributed by atoms with van der Waals surface area (Å²) >= 11 is 0. The van der Waals surface area contributed by atoms with Gasteiger partial charge in [-0.2, -0.15) is 0 Å². The van der Waals surface area contributed by atoms with E-state index in [-0.39, 0.29) is 0 Å². The Morgan fingerprint density at radius 3 is 2.21 bits per heavy atom. The molecule has 0 saturated heterocycles. The van der Waals surface area contributed by atoms with Crippen LogP contribution in [0.15, 0.2) is 42.5 Å². The van der Waals surface area contributed by atoms with Crippen molar-refractivity contribution in [3.8, 4) is 0 Å². The van der Waals surface area contributed by atoms with E-state index in [9.17, 15) is 0 Å². The Morgan fingerprint density at radius 2 is 1.43 bits per heavy atom. The quantitative estimate of drug-likeness (QED) is 0.496. The van der Waals surface area contributed by atoms with Crippen molar-refractivity contribution in [1.29, 1.82) is 0 Å². The zero-order chi connectivity index (χ0) is 9.38. The number of rotatable bonds is 0. The molecule has 0 fully saturated rings. The number of fused-ring (bicyclic) bond motifs is 2. The highest BCUT2D eigenvalue weighted by atomic mass is 14.8. The highest BCUT2D eigenvalue weighted by Crippen LogP contribution is 2.14. The topological polar surface area (TPSA) is 25.8 Å². The van der Waals surface area contributed by atoms with E-state index >= 15 is 0 Å². The van der Waals surface area contributed by atoms with E-state index in [2.05, 4.69) is 16.0 Å². The van der Waals surface area contributed by atoms with Crippen LogP contribution < -0.4 is 0 Å². The summed E-state index contributed by atoms with van der Waals surface area (Å²) in [7, 11) is 0. The predicted molar refractivity (Wildman–Crippen MR) is 55.9 cm³/mol. The summed E-state index contributed by atoms with van der Waals surface area (Å²) in [6.45, 7) is 0. The van der Waals surface area contributed by atoms with Gasteiger partial charge in [-0.15, -0.1) is 0 Å². The SMILES string of the molecule is [c]1ccc2nc3ccccc3nc2c1. The third kappa shape index (κ3) is 1.04. The summed E-state index contributed by atoms with van der Waals surface area (Å²) in [5.74, 6) is 0. The third-order valence-corrected chi connectivity index (χ3v) is 2.18. The smallest absolute Gasteiger partial charge is 0.0900 e. The molecule has 0 N–H and O–H groups in total. The van der Waals surface area contributed by atoms with Crippen LogP contribution in [0.1, 0.15) is 0 Å². The molecule has 3 aromatic rings. The fourth-order valence-electron chi connectivity index (χ4n) is 1.51. The molecule has 2 nitrogen and oxygen atoms in total. The van der Waals surface area contributed by atoms with Crippen molar-refractivity contribution in [2.24, 2.45) is 0 Å². The van der Waals surface area contributed by atoms with E-state index in [0.717, 1.165) is 22.1 Å². The maximum absolute atomic E-state index is 4.50. The molecule has 1 aromatic heterocycles. The second-order valence-electron chi connectivity index (χ2n) is 3.13. The lowest BCUT2D eigenvalue weighted by atomic mass is 10.2. The summed E-state index contributed by atoms with van der Waals surface area (Å²) < 4.78 is 0. The van der Waals surface area contributed by atoms with Crippen molar-refractivity contribution in [1.82, 2.24) is 9.97 Å². The number of para-hydroxylation sites is 2. The molecule has 0 aliphatic rings. The second kappa shape index (κ2) is 2.77. The first-order valence-corrected chi connectivity index (χ1v) is 4.46. The van der Waals surface area contributed by atoms with Gasteiger partial charge in [-0.25, -0.2) is 9.97 Å². The largest absolute Gasteiger partial charge is 0.245 e. The number of nitrogens with zero attached hydrogens (tertiary/aromatic N) is 2. The predicted octanol–water partition coefficient (Wildman–Crippen LogP) is 2.58. The molecule has 0 aliphatic heterocycles. The highest BCUT2D eigenvalue weighted by molar-refractivity contribution is 5.85. The Bertz CT molecular complexity index is 497. The molecule has 65 valence electrons. The molecule has 0 aliphatic carbocycles. The average molecular weight is 179 g/mol. The highest BCUT2D eigenvalue weighted by Gasteiger charge is 1.98. The normalized spacial score (nSPS) is 10.9. The molecule has 0 bridgehead atoms. The zero-order valence-corrected chi connectivity index (χ0v) is 7.44. The van der Waals surface area contributed by atoms with Crippen molar-refractivity contribution in [2.45, 2.75) is 0 Å². The standard InChI is InChI=1S/C12H7N2/c1-2-6-10-9(5-1)13-11-7-3-4-8-12(11)14-10/h1-3,5-8H. The molecule has 0 amide bonds. The average Bonchev–Trinajstić information content (AvgIpc) is 2.26. The number of hydrogen-bond acceptors (Lipinski definition) is 2. The fraction of sp³-hybridized carbons (Fsp3) is 0. The minimum atomic E-state index is 0.895. The van der Waals surface area contributed by atoms with Crippen LogP contribution in [0.25, 0.3) is 22.1 Å². The molecular formula is C12H7N2. The van der Waals surface area contributed by atoms with Gasteiger partial charge < -0.3 is 0 Å². The molecule has 1 radical (unpaired) electrons. The van der Waals surface area contributed by atoms with Crippen LogP contribution in [0.4, 0.5) is 0 Å². The number of benzene rings is 2. The van der Waals surface area contributed by atoms with Crippen molar-refractivity contribution in [2.75, 3.05) is 0 Å². The molecule has 0 spiro atoms. The maximum atomic E-state index is 4.50. The van der Waals surface area contributed by atoms with Crippen molar-refractivity contribution in [3.05, 3.63) is 48.5 Å². The summed E-state index contributed by atoms with van der Waals surface area (Å²) in [6, 6.07) is 16.5. The van der Waals surface area contributed by atoms with Crippen LogP contribution >= 0.6 is 0 Å². The molecule has 0 unspecified atom stereocenters. The van der Waals surface area contributed by atoms with E-state index in [1.807, 2.05) is 42.5 Å². The van der Waals surface area contributed by atoms with Crippen molar-refractivity contribution >= 4 is 22.1 Å². The summed E-state index contributed by atoms with van der Waals surface area (Å²) in [5.41, 5.74) is 3.68. The van der Waals surface area contributed by atoms with Crippen LogP contribution in [0, 0.1) is 6.07 Å². The Balaban J connectivity index is 2.52. The summed E-state index contributed by atoms with van der Waals surface area (Å²) in [6.07, 6.45) is 0. The Hall–Kier alpha value is -1.96. The Kier molecular flexibility index (Phi) is 1.47. The summed E-state index contributed by atoms with van der Waals surface area (Å²) in [5, 5.41) is 0. The third-order valence-electron chi connectivity index (χ3n) is 2.18. The van der Waals surface area contributed by atoms with Crippen molar-refractivity contribution < 1.29 is 0 Å². The van der Waals surface area contributed by atoms with E-state index < -0.39 is 0 Å². The van der Waals surface area contributed by atoms with Gasteiger partial charge in [0.15, 0.2) is 0 Å².